The second kappa shape index (κ2) is 4.72. The van der Waals surface area contributed by atoms with Crippen molar-refractivity contribution in [3.8, 4) is 10.7 Å². The molecule has 0 aliphatic carbocycles. The minimum Gasteiger partial charge on any atom is -0.315 e. The van der Waals surface area contributed by atoms with Gasteiger partial charge in [-0.15, -0.1) is 11.3 Å². The molecule has 0 radical (unpaired) electrons. The molecule has 16 heavy (non-hydrogen) atoms. The number of rotatable bonds is 3. The third-order valence-corrected chi connectivity index (χ3v) is 3.54. The van der Waals surface area contributed by atoms with Gasteiger partial charge in [0.05, 0.1) is 11.4 Å². The van der Waals surface area contributed by atoms with Gasteiger partial charge in [0.15, 0.2) is 0 Å². The van der Waals surface area contributed by atoms with Crippen molar-refractivity contribution in [2.75, 3.05) is 7.05 Å². The summed E-state index contributed by atoms with van der Waals surface area (Å²) < 4.78 is 0. The smallest absolute Gasteiger partial charge is 0.142 e. The van der Waals surface area contributed by atoms with Crippen molar-refractivity contribution in [1.82, 2.24) is 15.3 Å². The van der Waals surface area contributed by atoms with Gasteiger partial charge in [-0.05, 0) is 38.6 Å². The number of nitrogens with one attached hydrogen (secondary N) is 1. The van der Waals surface area contributed by atoms with Gasteiger partial charge in [0.2, 0.25) is 0 Å². The number of hydrogen-bond donors (Lipinski definition) is 1. The maximum Gasteiger partial charge on any atom is 0.142 e. The summed E-state index contributed by atoms with van der Waals surface area (Å²) in [5.74, 6) is 0. The van der Waals surface area contributed by atoms with Gasteiger partial charge in [0.1, 0.15) is 5.01 Å². The number of hydrogen-bond acceptors (Lipinski definition) is 4. The lowest BCUT2D eigenvalue weighted by atomic mass is 10.2. The monoisotopic (exact) mass is 233 g/mol. The summed E-state index contributed by atoms with van der Waals surface area (Å²) in [6.45, 7) is 4.98. The topological polar surface area (TPSA) is 37.8 Å². The van der Waals surface area contributed by atoms with Gasteiger partial charge in [-0.25, -0.2) is 4.98 Å². The molecule has 4 heteroatoms. The Labute approximate surface area is 99.6 Å². The van der Waals surface area contributed by atoms with E-state index in [2.05, 4.69) is 28.3 Å². The van der Waals surface area contributed by atoms with E-state index in [1.807, 2.05) is 26.2 Å². The standard InChI is InChI=1S/C12H15N3S/c1-8-4-5-14-10(6-8)12-15-9(2)11(16-12)7-13-3/h4-6,13H,7H2,1-3H3. The first-order valence-corrected chi connectivity index (χ1v) is 6.06. The molecule has 0 aliphatic heterocycles. The minimum absolute atomic E-state index is 0.870. The van der Waals surface area contributed by atoms with Crippen molar-refractivity contribution in [1.29, 1.82) is 0 Å². The van der Waals surface area contributed by atoms with Crippen molar-refractivity contribution in [3.63, 3.8) is 0 Å². The fourth-order valence-electron chi connectivity index (χ4n) is 1.52. The lowest BCUT2D eigenvalue weighted by Gasteiger charge is -1.96. The number of aromatic nitrogens is 2. The van der Waals surface area contributed by atoms with Gasteiger partial charge in [-0.2, -0.15) is 0 Å². The summed E-state index contributed by atoms with van der Waals surface area (Å²) in [7, 11) is 1.95. The van der Waals surface area contributed by atoms with Crippen LogP contribution in [0, 0.1) is 13.8 Å². The van der Waals surface area contributed by atoms with Gasteiger partial charge >= 0.3 is 0 Å². The quantitative estimate of drug-likeness (QED) is 0.885. The second-order valence-electron chi connectivity index (χ2n) is 3.78. The van der Waals surface area contributed by atoms with Gasteiger partial charge < -0.3 is 5.32 Å². The van der Waals surface area contributed by atoms with E-state index in [1.165, 1.54) is 10.4 Å². The van der Waals surface area contributed by atoms with Gasteiger partial charge in [0.25, 0.3) is 0 Å². The first-order chi connectivity index (χ1) is 7.70. The Bertz CT molecular complexity index is 491. The van der Waals surface area contributed by atoms with E-state index in [-0.39, 0.29) is 0 Å². The van der Waals surface area contributed by atoms with E-state index in [0.29, 0.717) is 0 Å². The van der Waals surface area contributed by atoms with Crippen LogP contribution in [0.3, 0.4) is 0 Å². The van der Waals surface area contributed by atoms with Crippen LogP contribution >= 0.6 is 11.3 Å². The van der Waals surface area contributed by atoms with E-state index in [4.69, 9.17) is 0 Å². The molecule has 2 heterocycles. The lowest BCUT2D eigenvalue weighted by molar-refractivity contribution is 0.823. The third kappa shape index (κ3) is 2.28. The Morgan fingerprint density at radius 2 is 2.19 bits per heavy atom. The summed E-state index contributed by atoms with van der Waals surface area (Å²) >= 11 is 1.71. The molecule has 0 atom stereocenters. The predicted molar refractivity (Wildman–Crippen MR) is 67.6 cm³/mol. The zero-order chi connectivity index (χ0) is 11.5. The van der Waals surface area contributed by atoms with Crippen LogP contribution in [0.1, 0.15) is 16.1 Å². The number of nitrogens with zero attached hydrogens (tertiary/aromatic N) is 2. The Hall–Kier alpha value is -1.26. The molecule has 84 valence electrons. The van der Waals surface area contributed by atoms with Crippen LogP contribution in [0.15, 0.2) is 18.3 Å². The second-order valence-corrected chi connectivity index (χ2v) is 4.86. The number of pyridine rings is 1. The highest BCUT2D eigenvalue weighted by Crippen LogP contribution is 2.26. The van der Waals surface area contributed by atoms with Crippen molar-refractivity contribution < 1.29 is 0 Å². The highest BCUT2D eigenvalue weighted by Gasteiger charge is 2.09. The molecule has 0 spiro atoms. The molecule has 0 fully saturated rings. The zero-order valence-corrected chi connectivity index (χ0v) is 10.6. The zero-order valence-electron chi connectivity index (χ0n) is 9.74. The Kier molecular flexibility index (Phi) is 3.31. The van der Waals surface area contributed by atoms with E-state index in [0.717, 1.165) is 22.9 Å². The van der Waals surface area contributed by atoms with Crippen molar-refractivity contribution >= 4 is 11.3 Å². The van der Waals surface area contributed by atoms with Gasteiger partial charge in [-0.1, -0.05) is 0 Å². The summed E-state index contributed by atoms with van der Waals surface area (Å²) in [5.41, 5.74) is 3.28. The highest BCUT2D eigenvalue weighted by atomic mass is 32.1. The molecule has 3 nitrogen and oxygen atoms in total. The van der Waals surface area contributed by atoms with Crippen molar-refractivity contribution in [2.24, 2.45) is 0 Å². The molecule has 0 saturated carbocycles. The molecule has 0 unspecified atom stereocenters. The van der Waals surface area contributed by atoms with E-state index in [9.17, 15) is 0 Å². The van der Waals surface area contributed by atoms with E-state index in [1.54, 1.807) is 11.3 Å². The number of aryl methyl sites for hydroxylation is 2. The maximum atomic E-state index is 4.56. The molecular weight excluding hydrogens is 218 g/mol. The highest BCUT2D eigenvalue weighted by molar-refractivity contribution is 7.15. The Balaban J connectivity index is 2.37. The first-order valence-electron chi connectivity index (χ1n) is 5.24. The van der Waals surface area contributed by atoms with Crippen LogP contribution in [0.2, 0.25) is 0 Å². The van der Waals surface area contributed by atoms with Crippen LogP contribution < -0.4 is 5.32 Å². The summed E-state index contributed by atoms with van der Waals surface area (Å²) in [4.78, 5) is 10.2. The molecule has 2 aromatic heterocycles. The molecule has 0 bridgehead atoms. The molecule has 0 aromatic carbocycles. The van der Waals surface area contributed by atoms with Crippen LogP contribution in [-0.2, 0) is 6.54 Å². The van der Waals surface area contributed by atoms with E-state index < -0.39 is 0 Å². The molecule has 0 amide bonds. The average Bonchev–Trinajstić information content (AvgIpc) is 2.61. The largest absolute Gasteiger partial charge is 0.315 e. The van der Waals surface area contributed by atoms with Gasteiger partial charge in [0, 0.05) is 17.6 Å². The van der Waals surface area contributed by atoms with Crippen molar-refractivity contribution in [2.45, 2.75) is 20.4 Å². The molecule has 2 aromatic rings. The minimum atomic E-state index is 0.870. The predicted octanol–water partition coefficient (Wildman–Crippen LogP) is 2.54. The third-order valence-electron chi connectivity index (χ3n) is 2.36. The SMILES string of the molecule is CNCc1sc(-c2cc(C)ccn2)nc1C. The normalized spacial score (nSPS) is 10.7. The van der Waals surface area contributed by atoms with Crippen LogP contribution in [0.5, 0.6) is 0 Å². The fraction of sp³-hybridized carbons (Fsp3) is 0.333. The van der Waals surface area contributed by atoms with Crippen LogP contribution in [0.4, 0.5) is 0 Å². The van der Waals surface area contributed by atoms with Crippen LogP contribution in [-0.4, -0.2) is 17.0 Å². The Morgan fingerprint density at radius 1 is 1.38 bits per heavy atom. The molecule has 1 N–H and O–H groups in total. The Morgan fingerprint density at radius 3 is 2.88 bits per heavy atom. The lowest BCUT2D eigenvalue weighted by Crippen LogP contribution is -2.04. The number of thiazole rings is 1. The van der Waals surface area contributed by atoms with Crippen molar-refractivity contribution in [3.05, 3.63) is 34.5 Å². The van der Waals surface area contributed by atoms with E-state index >= 15 is 0 Å². The molecule has 0 saturated heterocycles. The summed E-state index contributed by atoms with van der Waals surface area (Å²) in [5, 5.41) is 4.16. The average molecular weight is 233 g/mol. The fourth-order valence-corrected chi connectivity index (χ4v) is 2.56. The van der Waals surface area contributed by atoms with Gasteiger partial charge in [-0.3, -0.25) is 4.98 Å². The van der Waals surface area contributed by atoms with Crippen LogP contribution in [0.25, 0.3) is 10.7 Å². The summed E-state index contributed by atoms with van der Waals surface area (Å²) in [6, 6.07) is 4.07. The maximum absolute atomic E-state index is 4.56. The molecule has 0 aliphatic rings. The molecule has 2 rings (SSSR count). The first kappa shape index (κ1) is 11.2. The molecular formula is C12H15N3S. The summed E-state index contributed by atoms with van der Waals surface area (Å²) in [6.07, 6.45) is 1.83.